The zero-order valence-corrected chi connectivity index (χ0v) is 13.6. The van der Waals surface area contributed by atoms with Crippen molar-refractivity contribution < 1.29 is 4.79 Å². The maximum absolute atomic E-state index is 11.6. The average molecular weight is 325 g/mol. The topological polar surface area (TPSA) is 36.1 Å². The van der Waals surface area contributed by atoms with Crippen molar-refractivity contribution >= 4 is 28.9 Å². The summed E-state index contributed by atoms with van der Waals surface area (Å²) in [5.41, 5.74) is 5.78. The van der Waals surface area contributed by atoms with Gasteiger partial charge in [-0.2, -0.15) is 0 Å². The number of fused-ring (bicyclic) bond motifs is 3. The van der Waals surface area contributed by atoms with Gasteiger partial charge in [0, 0.05) is 28.2 Å². The van der Waals surface area contributed by atoms with Crippen molar-refractivity contribution in [1.29, 1.82) is 0 Å². The maximum Gasteiger partial charge on any atom is 0.210 e. The number of aryl methyl sites for hydroxylation is 1. The maximum atomic E-state index is 11.6. The van der Waals surface area contributed by atoms with Crippen LogP contribution >= 0.6 is 11.6 Å². The summed E-state index contributed by atoms with van der Waals surface area (Å²) in [5, 5.41) is 1.90. The van der Waals surface area contributed by atoms with E-state index in [0.29, 0.717) is 6.54 Å². The number of amides is 1. The van der Waals surface area contributed by atoms with E-state index in [9.17, 15) is 4.79 Å². The third-order valence-electron chi connectivity index (χ3n) is 4.65. The Morgan fingerprint density at radius 2 is 2.00 bits per heavy atom. The second-order valence-corrected chi connectivity index (χ2v) is 6.55. The Morgan fingerprint density at radius 3 is 2.74 bits per heavy atom. The Morgan fingerprint density at radius 1 is 1.22 bits per heavy atom. The van der Waals surface area contributed by atoms with Gasteiger partial charge in [-0.3, -0.25) is 4.79 Å². The van der Waals surface area contributed by atoms with Gasteiger partial charge in [-0.05, 0) is 42.7 Å². The Balaban J connectivity index is 1.92. The fourth-order valence-corrected chi connectivity index (χ4v) is 3.67. The molecule has 2 aromatic carbocycles. The van der Waals surface area contributed by atoms with Crippen LogP contribution in [-0.4, -0.2) is 22.8 Å². The van der Waals surface area contributed by atoms with Gasteiger partial charge in [0.2, 0.25) is 6.41 Å². The summed E-state index contributed by atoms with van der Waals surface area (Å²) in [6.45, 7) is 2.78. The zero-order valence-electron chi connectivity index (χ0n) is 12.8. The van der Waals surface area contributed by atoms with Gasteiger partial charge in [0.05, 0.1) is 6.04 Å². The highest BCUT2D eigenvalue weighted by Gasteiger charge is 2.30. The molecule has 1 aliphatic rings. The lowest BCUT2D eigenvalue weighted by molar-refractivity contribution is -0.120. The molecule has 0 saturated carbocycles. The largest absolute Gasteiger partial charge is 0.356 e. The molecule has 1 aromatic heterocycles. The highest BCUT2D eigenvalue weighted by Crippen LogP contribution is 2.38. The number of aromatic amines is 1. The van der Waals surface area contributed by atoms with E-state index in [1.54, 1.807) is 0 Å². The number of halogens is 1. The first-order valence-electron chi connectivity index (χ1n) is 7.75. The van der Waals surface area contributed by atoms with Crippen molar-refractivity contribution in [3.05, 3.63) is 69.9 Å². The predicted octanol–water partition coefficient (Wildman–Crippen LogP) is 4.23. The molecule has 0 bridgehead atoms. The summed E-state index contributed by atoms with van der Waals surface area (Å²) in [5.74, 6) is 0. The Hall–Kier alpha value is -2.26. The fraction of sp³-hybridized carbons (Fsp3) is 0.211. The third-order valence-corrected chi connectivity index (χ3v) is 4.89. The van der Waals surface area contributed by atoms with E-state index in [0.717, 1.165) is 40.0 Å². The first-order valence-corrected chi connectivity index (χ1v) is 8.13. The van der Waals surface area contributed by atoms with Crippen LogP contribution in [0.3, 0.4) is 0 Å². The highest BCUT2D eigenvalue weighted by molar-refractivity contribution is 6.31. The number of hydrogen-bond acceptors (Lipinski definition) is 1. The second kappa shape index (κ2) is 5.43. The number of aromatic nitrogens is 1. The number of rotatable bonds is 2. The quantitative estimate of drug-likeness (QED) is 0.703. The zero-order chi connectivity index (χ0) is 16.0. The first-order chi connectivity index (χ1) is 11.2. The van der Waals surface area contributed by atoms with Crippen molar-refractivity contribution in [3.8, 4) is 0 Å². The number of nitrogens with one attached hydrogen (secondary N) is 1. The van der Waals surface area contributed by atoms with E-state index in [-0.39, 0.29) is 6.04 Å². The summed E-state index contributed by atoms with van der Waals surface area (Å²) >= 11 is 6.16. The molecular weight excluding hydrogens is 308 g/mol. The minimum Gasteiger partial charge on any atom is -0.356 e. The van der Waals surface area contributed by atoms with E-state index < -0.39 is 0 Å². The van der Waals surface area contributed by atoms with Crippen LogP contribution < -0.4 is 0 Å². The van der Waals surface area contributed by atoms with Crippen LogP contribution in [0.25, 0.3) is 10.9 Å². The van der Waals surface area contributed by atoms with Crippen molar-refractivity contribution in [2.24, 2.45) is 0 Å². The van der Waals surface area contributed by atoms with Crippen LogP contribution in [0.15, 0.2) is 42.5 Å². The molecule has 1 amide bonds. The number of benzene rings is 2. The van der Waals surface area contributed by atoms with Gasteiger partial charge in [0.25, 0.3) is 0 Å². The van der Waals surface area contributed by atoms with E-state index in [1.807, 2.05) is 23.1 Å². The summed E-state index contributed by atoms with van der Waals surface area (Å²) < 4.78 is 0. The van der Waals surface area contributed by atoms with Crippen LogP contribution in [0.5, 0.6) is 0 Å². The second-order valence-electron chi connectivity index (χ2n) is 6.11. The van der Waals surface area contributed by atoms with E-state index in [4.69, 9.17) is 11.6 Å². The molecule has 1 unspecified atom stereocenters. The van der Waals surface area contributed by atoms with E-state index in [1.165, 1.54) is 11.1 Å². The lowest BCUT2D eigenvalue weighted by Crippen LogP contribution is -2.34. The first kappa shape index (κ1) is 14.3. The molecule has 3 aromatic rings. The molecule has 116 valence electrons. The lowest BCUT2D eigenvalue weighted by Gasteiger charge is -2.33. The number of carbonyl (C=O) groups is 1. The van der Waals surface area contributed by atoms with Crippen molar-refractivity contribution in [3.63, 3.8) is 0 Å². The fourth-order valence-electron chi connectivity index (χ4n) is 3.50. The molecule has 1 N–H and O–H groups in total. The molecule has 0 fully saturated rings. The minimum absolute atomic E-state index is 0.0666. The number of carbonyl (C=O) groups excluding carboxylic acids is 1. The van der Waals surface area contributed by atoms with Crippen LogP contribution in [0.2, 0.25) is 5.02 Å². The number of nitrogens with zero attached hydrogens (tertiary/aromatic N) is 1. The lowest BCUT2D eigenvalue weighted by atomic mass is 9.92. The van der Waals surface area contributed by atoms with E-state index in [2.05, 4.69) is 36.2 Å². The Kier molecular flexibility index (Phi) is 3.38. The molecule has 3 nitrogen and oxygen atoms in total. The molecule has 2 heterocycles. The van der Waals surface area contributed by atoms with Crippen LogP contribution in [0, 0.1) is 6.92 Å². The molecule has 1 atom stereocenters. The van der Waals surface area contributed by atoms with Crippen LogP contribution in [-0.2, 0) is 11.2 Å². The molecule has 0 radical (unpaired) electrons. The van der Waals surface area contributed by atoms with Gasteiger partial charge in [0.1, 0.15) is 0 Å². The SMILES string of the molecule is Cc1ccc(C2c3[nH]c4ccc(Cl)cc4c3CCN2C=O)cc1. The van der Waals surface area contributed by atoms with Crippen molar-refractivity contribution in [2.75, 3.05) is 6.54 Å². The third kappa shape index (κ3) is 2.32. The highest BCUT2D eigenvalue weighted by atomic mass is 35.5. The smallest absolute Gasteiger partial charge is 0.210 e. The van der Waals surface area contributed by atoms with Gasteiger partial charge in [-0.15, -0.1) is 0 Å². The predicted molar refractivity (Wildman–Crippen MR) is 92.8 cm³/mol. The summed E-state index contributed by atoms with van der Waals surface area (Å²) in [6.07, 6.45) is 1.79. The summed E-state index contributed by atoms with van der Waals surface area (Å²) in [7, 11) is 0. The molecular formula is C19H17ClN2O. The van der Waals surface area contributed by atoms with Gasteiger partial charge in [-0.25, -0.2) is 0 Å². The van der Waals surface area contributed by atoms with Gasteiger partial charge in [-0.1, -0.05) is 41.4 Å². The minimum atomic E-state index is -0.0666. The molecule has 0 aliphatic carbocycles. The van der Waals surface area contributed by atoms with Crippen LogP contribution in [0.1, 0.15) is 28.4 Å². The molecule has 23 heavy (non-hydrogen) atoms. The van der Waals surface area contributed by atoms with Gasteiger partial charge in [0.15, 0.2) is 0 Å². The molecule has 0 saturated heterocycles. The standard InChI is InChI=1S/C19H17ClN2O/c1-12-2-4-13(5-3-12)19-18-15(8-9-22(19)11-23)16-10-14(20)6-7-17(16)21-18/h2-7,10-11,19,21H,8-9H2,1H3. The average Bonchev–Trinajstić information content (AvgIpc) is 2.92. The molecule has 0 spiro atoms. The summed E-state index contributed by atoms with van der Waals surface area (Å²) in [4.78, 5) is 17.0. The van der Waals surface area contributed by atoms with E-state index >= 15 is 0 Å². The van der Waals surface area contributed by atoms with Crippen molar-refractivity contribution in [2.45, 2.75) is 19.4 Å². The monoisotopic (exact) mass is 324 g/mol. The van der Waals surface area contributed by atoms with Crippen LogP contribution in [0.4, 0.5) is 0 Å². The summed E-state index contributed by atoms with van der Waals surface area (Å²) in [6, 6.07) is 14.2. The Bertz CT molecular complexity index is 882. The van der Waals surface area contributed by atoms with Gasteiger partial charge >= 0.3 is 0 Å². The number of hydrogen-bond donors (Lipinski definition) is 1. The molecule has 4 rings (SSSR count). The molecule has 4 heteroatoms. The van der Waals surface area contributed by atoms with Crippen molar-refractivity contribution in [1.82, 2.24) is 9.88 Å². The Labute approximate surface area is 139 Å². The van der Waals surface area contributed by atoms with Gasteiger partial charge < -0.3 is 9.88 Å². The normalized spacial score (nSPS) is 17.3. The number of H-pyrrole nitrogens is 1. The molecule has 1 aliphatic heterocycles.